The number of halogens is 1. The highest BCUT2D eigenvalue weighted by Gasteiger charge is 2.29. The largest absolute Gasteiger partial charge is 0.373 e. The van der Waals surface area contributed by atoms with Crippen LogP contribution in [0.3, 0.4) is 0 Å². The molecule has 5 rings (SSSR count). The van der Waals surface area contributed by atoms with E-state index in [-0.39, 0.29) is 11.2 Å². The summed E-state index contributed by atoms with van der Waals surface area (Å²) in [5, 5.41) is 3.10. The first-order chi connectivity index (χ1) is 16.4. The van der Waals surface area contributed by atoms with Crippen molar-refractivity contribution < 1.29 is 9.18 Å². The van der Waals surface area contributed by atoms with Crippen LogP contribution in [0.5, 0.6) is 0 Å². The predicted molar refractivity (Wildman–Crippen MR) is 132 cm³/mol. The van der Waals surface area contributed by atoms with Crippen molar-refractivity contribution in [1.82, 2.24) is 14.4 Å². The molecular formula is C27H24FN5O. The number of allylic oxidation sites excluding steroid dienone is 3. The van der Waals surface area contributed by atoms with Gasteiger partial charge in [-0.05, 0) is 60.5 Å². The van der Waals surface area contributed by atoms with Gasteiger partial charge in [-0.15, -0.1) is 0 Å². The Kier molecular flexibility index (Phi) is 5.24. The monoisotopic (exact) mass is 453 g/mol. The molecule has 3 aromatic heterocycles. The minimum atomic E-state index is -0.394. The normalized spacial score (nSPS) is 17.6. The molecule has 0 saturated carbocycles. The van der Waals surface area contributed by atoms with Gasteiger partial charge >= 0.3 is 0 Å². The molecule has 0 saturated heterocycles. The number of aromatic nitrogens is 3. The standard InChI is InChI=1S/C27H24FN5O/c1-27(10-3-4-18(15-27)26(29)34)20-9-11-33-23(16-31-25(33)14-20)19-12-22(32-24(13-19)30-2)17-5-7-21(28)8-6-17/h3-14,16H,15H2,1-2H3,(H2,29,34)(H,30,32). The summed E-state index contributed by atoms with van der Waals surface area (Å²) in [5.41, 5.74) is 11.0. The third kappa shape index (κ3) is 3.85. The number of pyridine rings is 2. The van der Waals surface area contributed by atoms with Crippen molar-refractivity contribution in [2.45, 2.75) is 18.8 Å². The molecule has 6 nitrogen and oxygen atoms in total. The van der Waals surface area contributed by atoms with Gasteiger partial charge in [0.25, 0.3) is 0 Å². The molecule has 1 aliphatic rings. The van der Waals surface area contributed by atoms with Crippen molar-refractivity contribution in [2.24, 2.45) is 5.73 Å². The van der Waals surface area contributed by atoms with E-state index in [0.717, 1.165) is 33.7 Å². The number of rotatable bonds is 5. The van der Waals surface area contributed by atoms with Crippen LogP contribution in [0.1, 0.15) is 18.9 Å². The van der Waals surface area contributed by atoms with E-state index in [9.17, 15) is 9.18 Å². The molecule has 4 aromatic rings. The zero-order valence-electron chi connectivity index (χ0n) is 18.9. The number of fused-ring (bicyclic) bond motifs is 1. The van der Waals surface area contributed by atoms with Crippen molar-refractivity contribution in [3.63, 3.8) is 0 Å². The molecule has 34 heavy (non-hydrogen) atoms. The van der Waals surface area contributed by atoms with E-state index in [2.05, 4.69) is 28.3 Å². The molecule has 7 heteroatoms. The number of nitrogens with two attached hydrogens (primary N) is 1. The summed E-state index contributed by atoms with van der Waals surface area (Å²) in [6.07, 6.45) is 10.1. The van der Waals surface area contributed by atoms with Gasteiger partial charge in [0, 0.05) is 35.4 Å². The second kappa shape index (κ2) is 8.26. The van der Waals surface area contributed by atoms with E-state index in [0.29, 0.717) is 17.8 Å². The second-order valence-electron chi connectivity index (χ2n) is 8.68. The predicted octanol–water partition coefficient (Wildman–Crippen LogP) is 4.87. The van der Waals surface area contributed by atoms with Gasteiger partial charge < -0.3 is 11.1 Å². The van der Waals surface area contributed by atoms with Crippen LogP contribution in [0.2, 0.25) is 0 Å². The first-order valence-corrected chi connectivity index (χ1v) is 11.0. The minimum absolute atomic E-state index is 0.286. The van der Waals surface area contributed by atoms with Crippen LogP contribution in [0.15, 0.2) is 84.7 Å². The van der Waals surface area contributed by atoms with Gasteiger partial charge in [-0.25, -0.2) is 14.4 Å². The van der Waals surface area contributed by atoms with E-state index in [4.69, 9.17) is 5.73 Å². The minimum Gasteiger partial charge on any atom is -0.373 e. The topological polar surface area (TPSA) is 85.3 Å². The van der Waals surface area contributed by atoms with Crippen molar-refractivity contribution in [3.05, 3.63) is 96.1 Å². The first-order valence-electron chi connectivity index (χ1n) is 11.0. The van der Waals surface area contributed by atoms with Crippen LogP contribution in [0, 0.1) is 5.82 Å². The van der Waals surface area contributed by atoms with Crippen LogP contribution in [0.25, 0.3) is 28.2 Å². The van der Waals surface area contributed by atoms with Gasteiger partial charge in [0.05, 0.1) is 17.6 Å². The van der Waals surface area contributed by atoms with Crippen molar-refractivity contribution in [1.29, 1.82) is 0 Å². The number of anilines is 1. The maximum Gasteiger partial charge on any atom is 0.244 e. The fourth-order valence-corrected chi connectivity index (χ4v) is 4.38. The number of primary amides is 1. The lowest BCUT2D eigenvalue weighted by atomic mass is 9.75. The zero-order valence-corrected chi connectivity index (χ0v) is 18.9. The Hall–Kier alpha value is -4.26. The molecule has 1 atom stereocenters. The highest BCUT2D eigenvalue weighted by Crippen LogP contribution is 2.36. The molecule has 1 amide bonds. The van der Waals surface area contributed by atoms with Crippen LogP contribution in [-0.2, 0) is 10.2 Å². The van der Waals surface area contributed by atoms with Gasteiger partial charge in [0.15, 0.2) is 0 Å². The van der Waals surface area contributed by atoms with E-state index >= 15 is 0 Å². The molecule has 0 aliphatic heterocycles. The highest BCUT2D eigenvalue weighted by molar-refractivity contribution is 5.93. The summed E-state index contributed by atoms with van der Waals surface area (Å²) in [5.74, 6) is 0.0232. The SMILES string of the molecule is CNc1cc(-c2cnc3cc(C4(C)C=CC=C(C(N)=O)C4)ccn23)cc(-c2ccc(F)cc2)n1. The molecule has 1 aromatic carbocycles. The average molecular weight is 454 g/mol. The number of amides is 1. The Morgan fingerprint density at radius 1 is 1.15 bits per heavy atom. The molecule has 0 bridgehead atoms. The summed E-state index contributed by atoms with van der Waals surface area (Å²) in [7, 11) is 1.81. The Bertz CT molecular complexity index is 1470. The van der Waals surface area contributed by atoms with Crippen molar-refractivity contribution >= 4 is 17.4 Å². The number of carbonyl (C=O) groups excluding carboxylic acids is 1. The maximum absolute atomic E-state index is 13.4. The number of nitrogens with zero attached hydrogens (tertiary/aromatic N) is 3. The molecule has 0 radical (unpaired) electrons. The third-order valence-corrected chi connectivity index (χ3v) is 6.33. The summed E-state index contributed by atoms with van der Waals surface area (Å²) >= 11 is 0. The van der Waals surface area contributed by atoms with E-state index in [1.54, 1.807) is 18.2 Å². The van der Waals surface area contributed by atoms with Crippen LogP contribution in [0.4, 0.5) is 10.2 Å². The van der Waals surface area contributed by atoms with Gasteiger partial charge in [-0.2, -0.15) is 0 Å². The number of imidazole rings is 1. The smallest absolute Gasteiger partial charge is 0.244 e. The Morgan fingerprint density at radius 2 is 1.94 bits per heavy atom. The molecule has 0 fully saturated rings. The summed E-state index contributed by atoms with van der Waals surface area (Å²) in [6, 6.07) is 14.3. The third-order valence-electron chi connectivity index (χ3n) is 6.33. The quantitative estimate of drug-likeness (QED) is 0.451. The fourth-order valence-electron chi connectivity index (χ4n) is 4.38. The number of hydrogen-bond donors (Lipinski definition) is 2. The fraction of sp³-hybridized carbons (Fsp3) is 0.148. The van der Waals surface area contributed by atoms with Gasteiger partial charge in [0.2, 0.25) is 5.91 Å². The van der Waals surface area contributed by atoms with Crippen molar-refractivity contribution in [2.75, 3.05) is 12.4 Å². The van der Waals surface area contributed by atoms with E-state index in [1.165, 1.54) is 12.1 Å². The Labute approximate surface area is 196 Å². The summed E-state index contributed by atoms with van der Waals surface area (Å²) < 4.78 is 15.4. The molecule has 0 spiro atoms. The van der Waals surface area contributed by atoms with Crippen LogP contribution in [-0.4, -0.2) is 27.3 Å². The molecule has 1 aliphatic carbocycles. The Morgan fingerprint density at radius 3 is 2.68 bits per heavy atom. The van der Waals surface area contributed by atoms with Crippen LogP contribution >= 0.6 is 0 Å². The maximum atomic E-state index is 13.4. The van der Waals surface area contributed by atoms with Gasteiger partial charge in [0.1, 0.15) is 17.3 Å². The van der Waals surface area contributed by atoms with Crippen molar-refractivity contribution in [3.8, 4) is 22.5 Å². The lowest BCUT2D eigenvalue weighted by Gasteiger charge is -2.29. The van der Waals surface area contributed by atoms with Gasteiger partial charge in [-0.3, -0.25) is 9.20 Å². The zero-order chi connectivity index (χ0) is 23.9. The molecule has 3 N–H and O–H groups in total. The number of hydrogen-bond acceptors (Lipinski definition) is 4. The molecular weight excluding hydrogens is 429 g/mol. The number of carbonyl (C=O) groups is 1. The summed E-state index contributed by atoms with van der Waals surface area (Å²) in [6.45, 7) is 2.09. The number of benzene rings is 1. The lowest BCUT2D eigenvalue weighted by Crippen LogP contribution is -2.27. The highest BCUT2D eigenvalue weighted by atomic mass is 19.1. The average Bonchev–Trinajstić information content (AvgIpc) is 3.27. The Balaban J connectivity index is 1.55. The molecule has 1 unspecified atom stereocenters. The lowest BCUT2D eigenvalue weighted by molar-refractivity contribution is -0.114. The second-order valence-corrected chi connectivity index (χ2v) is 8.68. The van der Waals surface area contributed by atoms with E-state index < -0.39 is 5.91 Å². The van der Waals surface area contributed by atoms with Gasteiger partial charge in [-0.1, -0.05) is 25.2 Å². The number of nitrogens with one attached hydrogen (secondary N) is 1. The molecule has 3 heterocycles. The van der Waals surface area contributed by atoms with Crippen LogP contribution < -0.4 is 11.1 Å². The summed E-state index contributed by atoms with van der Waals surface area (Å²) in [4.78, 5) is 21.0. The molecule has 170 valence electrons. The van der Waals surface area contributed by atoms with E-state index in [1.807, 2.05) is 54.2 Å². The first kappa shape index (κ1) is 21.6.